The van der Waals surface area contributed by atoms with Crippen LogP contribution in [0.1, 0.15) is 31.2 Å². The number of hydrogen-bond donors (Lipinski definition) is 0. The Kier molecular flexibility index (Phi) is 4.79. The standard InChI is InChI=1S/C16H26N2/c1-17(2)15-11-7-8-12-16(15)18(3)13-14-9-5-4-6-10-14/h4-6,9-10,15-16H,7-8,11-13H2,1-3H3/t15-,16-/m1/s1. The zero-order valence-electron chi connectivity index (χ0n) is 12.0. The summed E-state index contributed by atoms with van der Waals surface area (Å²) in [6.07, 6.45) is 5.45. The van der Waals surface area contributed by atoms with Crippen LogP contribution in [0.2, 0.25) is 0 Å². The Balaban J connectivity index is 2.00. The smallest absolute Gasteiger partial charge is 0.0251 e. The molecule has 0 amide bonds. The lowest BCUT2D eigenvalue weighted by Gasteiger charge is -2.41. The molecule has 2 nitrogen and oxygen atoms in total. The summed E-state index contributed by atoms with van der Waals surface area (Å²) in [5.74, 6) is 0. The summed E-state index contributed by atoms with van der Waals surface area (Å²) in [4.78, 5) is 4.95. The van der Waals surface area contributed by atoms with Gasteiger partial charge in [0.15, 0.2) is 0 Å². The van der Waals surface area contributed by atoms with Crippen LogP contribution in [0.25, 0.3) is 0 Å². The van der Waals surface area contributed by atoms with Crippen LogP contribution < -0.4 is 0 Å². The first-order valence-electron chi connectivity index (χ1n) is 7.09. The molecule has 0 aromatic heterocycles. The van der Waals surface area contributed by atoms with Gasteiger partial charge in [-0.25, -0.2) is 0 Å². The van der Waals surface area contributed by atoms with E-state index in [-0.39, 0.29) is 0 Å². The van der Waals surface area contributed by atoms with Crippen LogP contribution in [0.4, 0.5) is 0 Å². The molecular formula is C16H26N2. The molecule has 0 radical (unpaired) electrons. The molecule has 0 heterocycles. The quantitative estimate of drug-likeness (QED) is 0.806. The van der Waals surface area contributed by atoms with Crippen LogP contribution >= 0.6 is 0 Å². The Labute approximate surface area is 112 Å². The van der Waals surface area contributed by atoms with Crippen molar-refractivity contribution in [1.29, 1.82) is 0 Å². The van der Waals surface area contributed by atoms with E-state index in [4.69, 9.17) is 0 Å². The maximum atomic E-state index is 2.54. The second kappa shape index (κ2) is 6.35. The third-order valence-corrected chi connectivity index (χ3v) is 4.20. The van der Waals surface area contributed by atoms with Gasteiger partial charge in [-0.3, -0.25) is 4.90 Å². The molecule has 0 bridgehead atoms. The zero-order valence-corrected chi connectivity index (χ0v) is 12.0. The minimum Gasteiger partial charge on any atom is -0.305 e. The highest BCUT2D eigenvalue weighted by Gasteiger charge is 2.29. The Hall–Kier alpha value is -0.860. The SMILES string of the molecule is CN(C)[C@@H]1CCCC[C@H]1N(C)Cc1ccccc1. The summed E-state index contributed by atoms with van der Waals surface area (Å²) >= 11 is 0. The molecule has 0 spiro atoms. The Morgan fingerprint density at radius 3 is 2.17 bits per heavy atom. The van der Waals surface area contributed by atoms with Crippen LogP contribution in [0.3, 0.4) is 0 Å². The van der Waals surface area contributed by atoms with Crippen molar-refractivity contribution < 1.29 is 0 Å². The first-order valence-corrected chi connectivity index (χ1v) is 7.09. The van der Waals surface area contributed by atoms with E-state index in [0.29, 0.717) is 12.1 Å². The molecule has 0 aliphatic heterocycles. The summed E-state index contributed by atoms with van der Waals surface area (Å²) < 4.78 is 0. The molecule has 1 fully saturated rings. The van der Waals surface area contributed by atoms with E-state index < -0.39 is 0 Å². The van der Waals surface area contributed by atoms with E-state index >= 15 is 0 Å². The molecule has 0 saturated heterocycles. The van der Waals surface area contributed by atoms with Gasteiger partial charge in [0, 0.05) is 18.6 Å². The van der Waals surface area contributed by atoms with Crippen molar-refractivity contribution in [3.63, 3.8) is 0 Å². The Morgan fingerprint density at radius 2 is 1.56 bits per heavy atom. The minimum absolute atomic E-state index is 0.703. The fourth-order valence-electron chi connectivity index (χ4n) is 3.20. The Morgan fingerprint density at radius 1 is 0.944 bits per heavy atom. The molecule has 2 heteroatoms. The van der Waals surface area contributed by atoms with Crippen molar-refractivity contribution in [3.05, 3.63) is 35.9 Å². The van der Waals surface area contributed by atoms with Crippen LogP contribution in [-0.2, 0) is 6.54 Å². The number of likely N-dealkylation sites (N-methyl/N-ethyl adjacent to an activating group) is 2. The molecule has 1 aromatic rings. The lowest BCUT2D eigenvalue weighted by Crippen LogP contribution is -2.49. The molecule has 0 N–H and O–H groups in total. The van der Waals surface area contributed by atoms with Gasteiger partial charge in [-0.15, -0.1) is 0 Å². The highest BCUT2D eigenvalue weighted by molar-refractivity contribution is 5.14. The topological polar surface area (TPSA) is 6.48 Å². The van der Waals surface area contributed by atoms with E-state index in [0.717, 1.165) is 6.54 Å². The van der Waals surface area contributed by atoms with Crippen LogP contribution in [-0.4, -0.2) is 43.0 Å². The average molecular weight is 246 g/mol. The van der Waals surface area contributed by atoms with Crippen LogP contribution in [0.5, 0.6) is 0 Å². The summed E-state index contributed by atoms with van der Waals surface area (Å²) in [5.41, 5.74) is 1.42. The lowest BCUT2D eigenvalue weighted by atomic mass is 9.88. The van der Waals surface area contributed by atoms with E-state index in [1.807, 2.05) is 0 Å². The third kappa shape index (κ3) is 3.33. The highest BCUT2D eigenvalue weighted by Crippen LogP contribution is 2.26. The van der Waals surface area contributed by atoms with Gasteiger partial charge in [0.1, 0.15) is 0 Å². The van der Waals surface area contributed by atoms with Gasteiger partial charge in [0.25, 0.3) is 0 Å². The third-order valence-electron chi connectivity index (χ3n) is 4.20. The molecular weight excluding hydrogens is 220 g/mol. The van der Waals surface area contributed by atoms with Gasteiger partial charge in [-0.2, -0.15) is 0 Å². The van der Waals surface area contributed by atoms with Gasteiger partial charge in [0.05, 0.1) is 0 Å². The molecule has 0 unspecified atom stereocenters. The van der Waals surface area contributed by atoms with Gasteiger partial charge in [0.2, 0.25) is 0 Å². The maximum absolute atomic E-state index is 2.54. The molecule has 1 aliphatic rings. The van der Waals surface area contributed by atoms with Crippen LogP contribution in [0, 0.1) is 0 Å². The molecule has 1 aromatic carbocycles. The number of rotatable bonds is 4. The van der Waals surface area contributed by atoms with Crippen molar-refractivity contribution >= 4 is 0 Å². The summed E-state index contributed by atoms with van der Waals surface area (Å²) in [6.45, 7) is 1.07. The predicted molar refractivity (Wildman–Crippen MR) is 77.6 cm³/mol. The van der Waals surface area contributed by atoms with E-state index in [1.54, 1.807) is 0 Å². The van der Waals surface area contributed by atoms with Crippen molar-refractivity contribution in [2.75, 3.05) is 21.1 Å². The summed E-state index contributed by atoms with van der Waals surface area (Å²) in [5, 5.41) is 0. The second-order valence-electron chi connectivity index (χ2n) is 5.78. The van der Waals surface area contributed by atoms with Crippen molar-refractivity contribution in [2.45, 2.75) is 44.3 Å². The van der Waals surface area contributed by atoms with Gasteiger partial charge in [-0.05, 0) is 39.5 Å². The normalized spacial score (nSPS) is 24.7. The first-order chi connectivity index (χ1) is 8.68. The summed E-state index contributed by atoms with van der Waals surface area (Å²) in [6, 6.07) is 12.2. The first kappa shape index (κ1) is 13.6. The van der Waals surface area contributed by atoms with Crippen molar-refractivity contribution in [2.24, 2.45) is 0 Å². The fourth-order valence-corrected chi connectivity index (χ4v) is 3.20. The molecule has 100 valence electrons. The Bertz CT molecular complexity index is 347. The van der Waals surface area contributed by atoms with Gasteiger partial charge < -0.3 is 4.90 Å². The zero-order chi connectivity index (χ0) is 13.0. The molecule has 2 rings (SSSR count). The molecule has 2 atom stereocenters. The van der Waals surface area contributed by atoms with Crippen LogP contribution in [0.15, 0.2) is 30.3 Å². The van der Waals surface area contributed by atoms with E-state index in [9.17, 15) is 0 Å². The fraction of sp³-hybridized carbons (Fsp3) is 0.625. The lowest BCUT2D eigenvalue weighted by molar-refractivity contribution is 0.0877. The highest BCUT2D eigenvalue weighted by atomic mass is 15.2. The molecule has 1 saturated carbocycles. The van der Waals surface area contributed by atoms with Crippen molar-refractivity contribution in [1.82, 2.24) is 9.80 Å². The largest absolute Gasteiger partial charge is 0.305 e. The van der Waals surface area contributed by atoms with Crippen molar-refractivity contribution in [3.8, 4) is 0 Å². The predicted octanol–water partition coefficient (Wildman–Crippen LogP) is 2.99. The minimum atomic E-state index is 0.703. The monoisotopic (exact) mass is 246 g/mol. The second-order valence-corrected chi connectivity index (χ2v) is 5.78. The van der Waals surface area contributed by atoms with E-state index in [2.05, 4.69) is 61.3 Å². The van der Waals surface area contributed by atoms with Gasteiger partial charge in [-0.1, -0.05) is 43.2 Å². The molecule has 18 heavy (non-hydrogen) atoms. The van der Waals surface area contributed by atoms with E-state index in [1.165, 1.54) is 31.2 Å². The van der Waals surface area contributed by atoms with Gasteiger partial charge >= 0.3 is 0 Å². The number of nitrogens with zero attached hydrogens (tertiary/aromatic N) is 2. The number of hydrogen-bond acceptors (Lipinski definition) is 2. The number of benzene rings is 1. The molecule has 1 aliphatic carbocycles. The maximum Gasteiger partial charge on any atom is 0.0251 e. The average Bonchev–Trinajstić information content (AvgIpc) is 2.40. The summed E-state index contributed by atoms with van der Waals surface area (Å²) in [7, 11) is 6.72.